The molecule has 5 heteroatoms. The maximum Gasteiger partial charge on any atom is 0.336 e. The summed E-state index contributed by atoms with van der Waals surface area (Å²) in [7, 11) is 1.84. The van der Waals surface area contributed by atoms with E-state index in [1.165, 1.54) is 17.0 Å². The van der Waals surface area contributed by atoms with Gasteiger partial charge >= 0.3 is 5.97 Å². The van der Waals surface area contributed by atoms with Crippen molar-refractivity contribution < 1.29 is 14.7 Å². The molecule has 1 aromatic carbocycles. The first kappa shape index (κ1) is 11.2. The highest BCUT2D eigenvalue weighted by atomic mass is 16.4. The van der Waals surface area contributed by atoms with Gasteiger partial charge in [0, 0.05) is 19.4 Å². The molecule has 1 aliphatic heterocycles. The highest BCUT2D eigenvalue weighted by molar-refractivity contribution is 6.05. The number of carbonyl (C=O) groups is 2. The van der Waals surface area contributed by atoms with Crippen LogP contribution >= 0.6 is 0 Å². The van der Waals surface area contributed by atoms with Crippen molar-refractivity contribution >= 4 is 11.9 Å². The molecule has 1 amide bonds. The van der Waals surface area contributed by atoms with Gasteiger partial charge in [-0.2, -0.15) is 0 Å². The molecule has 17 heavy (non-hydrogen) atoms. The summed E-state index contributed by atoms with van der Waals surface area (Å²) in [6, 6.07) is 6.21. The predicted molar refractivity (Wildman–Crippen MR) is 61.3 cm³/mol. The van der Waals surface area contributed by atoms with Crippen molar-refractivity contribution in [1.29, 1.82) is 0 Å². The first-order valence-electron chi connectivity index (χ1n) is 5.11. The number of carboxylic acid groups (broad SMARTS) is 1. The molecule has 1 aliphatic rings. The third kappa shape index (κ3) is 2.13. The maximum atomic E-state index is 12.1. The molecule has 0 bridgehead atoms. The largest absolute Gasteiger partial charge is 0.478 e. The third-order valence-electron chi connectivity index (χ3n) is 2.53. The lowest BCUT2D eigenvalue weighted by molar-refractivity contribution is 0.0682. The molecular weight excluding hydrogens is 220 g/mol. The Bertz CT molecular complexity index is 496. The molecule has 2 rings (SSSR count). The van der Waals surface area contributed by atoms with Crippen LogP contribution in [-0.2, 0) is 0 Å². The van der Waals surface area contributed by atoms with Crippen LogP contribution in [0.2, 0.25) is 0 Å². The van der Waals surface area contributed by atoms with Gasteiger partial charge in [0.2, 0.25) is 0 Å². The number of benzene rings is 1. The van der Waals surface area contributed by atoms with Gasteiger partial charge in [-0.1, -0.05) is 12.1 Å². The van der Waals surface area contributed by atoms with E-state index >= 15 is 0 Å². The smallest absolute Gasteiger partial charge is 0.336 e. The van der Waals surface area contributed by atoms with Crippen LogP contribution in [0.3, 0.4) is 0 Å². The second-order valence-corrected chi connectivity index (χ2v) is 3.82. The monoisotopic (exact) mass is 232 g/mol. The van der Waals surface area contributed by atoms with Crippen molar-refractivity contribution in [1.82, 2.24) is 9.80 Å². The summed E-state index contributed by atoms with van der Waals surface area (Å²) in [5, 5.41) is 9.01. The summed E-state index contributed by atoms with van der Waals surface area (Å²) in [6.07, 6.45) is 3.41. The zero-order valence-electron chi connectivity index (χ0n) is 9.33. The van der Waals surface area contributed by atoms with Crippen molar-refractivity contribution in [3.8, 4) is 0 Å². The van der Waals surface area contributed by atoms with E-state index in [2.05, 4.69) is 0 Å². The molecule has 1 heterocycles. The molecule has 0 atom stereocenters. The Hall–Kier alpha value is -2.30. The van der Waals surface area contributed by atoms with Gasteiger partial charge in [0.25, 0.3) is 5.91 Å². The minimum absolute atomic E-state index is 0.0282. The zero-order chi connectivity index (χ0) is 12.4. The molecule has 0 aliphatic carbocycles. The summed E-state index contributed by atoms with van der Waals surface area (Å²) in [5.74, 6) is -1.39. The minimum atomic E-state index is -1.09. The highest BCUT2D eigenvalue weighted by Gasteiger charge is 2.22. The molecule has 1 N–H and O–H groups in total. The Kier molecular flexibility index (Phi) is 2.82. The van der Waals surface area contributed by atoms with Crippen molar-refractivity contribution in [3.63, 3.8) is 0 Å². The van der Waals surface area contributed by atoms with Gasteiger partial charge in [0.05, 0.1) is 17.8 Å². The lowest BCUT2D eigenvalue weighted by Gasteiger charge is -2.17. The lowest BCUT2D eigenvalue weighted by Crippen LogP contribution is -2.29. The Morgan fingerprint density at radius 1 is 1.18 bits per heavy atom. The first-order valence-corrected chi connectivity index (χ1v) is 5.11. The Morgan fingerprint density at radius 3 is 2.35 bits per heavy atom. The summed E-state index contributed by atoms with van der Waals surface area (Å²) < 4.78 is 0. The summed E-state index contributed by atoms with van der Waals surface area (Å²) in [5.41, 5.74) is 0.236. The topological polar surface area (TPSA) is 60.9 Å². The van der Waals surface area contributed by atoms with E-state index < -0.39 is 5.97 Å². The van der Waals surface area contributed by atoms with Crippen LogP contribution in [0.15, 0.2) is 36.7 Å². The molecule has 0 saturated carbocycles. The standard InChI is InChI=1S/C12H12N2O3/c1-13-6-7-14(8-13)11(15)9-4-2-3-5-10(9)12(16)17/h2-7H,8H2,1H3,(H,16,17). The van der Waals surface area contributed by atoms with Crippen molar-refractivity contribution in [2.45, 2.75) is 0 Å². The molecule has 0 saturated heterocycles. The van der Waals surface area contributed by atoms with E-state index in [-0.39, 0.29) is 17.0 Å². The van der Waals surface area contributed by atoms with Crippen LogP contribution in [0.25, 0.3) is 0 Å². The fraction of sp³-hybridized carbons (Fsp3) is 0.167. The summed E-state index contributed by atoms with van der Waals surface area (Å²) >= 11 is 0. The Morgan fingerprint density at radius 2 is 1.82 bits per heavy atom. The molecule has 0 spiro atoms. The molecule has 0 aromatic heterocycles. The molecule has 5 nitrogen and oxygen atoms in total. The SMILES string of the molecule is CN1C=CN(C(=O)c2ccccc2C(=O)O)C1. The minimum Gasteiger partial charge on any atom is -0.478 e. The van der Waals surface area contributed by atoms with Gasteiger partial charge in [-0.15, -0.1) is 0 Å². The Balaban J connectivity index is 2.31. The van der Waals surface area contributed by atoms with E-state index in [0.717, 1.165) is 0 Å². The van der Waals surface area contributed by atoms with Gasteiger partial charge in [-0.25, -0.2) is 4.79 Å². The lowest BCUT2D eigenvalue weighted by atomic mass is 10.1. The normalized spacial score (nSPS) is 14.2. The number of nitrogens with zero attached hydrogens (tertiary/aromatic N) is 2. The number of rotatable bonds is 2. The molecule has 0 radical (unpaired) electrons. The number of aromatic carboxylic acids is 1. The van der Waals surface area contributed by atoms with Gasteiger partial charge in [0.15, 0.2) is 0 Å². The van der Waals surface area contributed by atoms with Crippen LogP contribution in [0.4, 0.5) is 0 Å². The van der Waals surface area contributed by atoms with Crippen LogP contribution in [-0.4, -0.2) is 40.5 Å². The van der Waals surface area contributed by atoms with Crippen LogP contribution < -0.4 is 0 Å². The van der Waals surface area contributed by atoms with E-state index in [0.29, 0.717) is 6.67 Å². The van der Waals surface area contributed by atoms with E-state index in [4.69, 9.17) is 5.11 Å². The second-order valence-electron chi connectivity index (χ2n) is 3.82. The van der Waals surface area contributed by atoms with Crippen molar-refractivity contribution in [2.75, 3.05) is 13.7 Å². The summed E-state index contributed by atoms with van der Waals surface area (Å²) in [6.45, 7) is 0.437. The van der Waals surface area contributed by atoms with Crippen LogP contribution in [0.1, 0.15) is 20.7 Å². The first-order chi connectivity index (χ1) is 8.09. The van der Waals surface area contributed by atoms with E-state index in [1.54, 1.807) is 24.5 Å². The van der Waals surface area contributed by atoms with Crippen molar-refractivity contribution in [2.24, 2.45) is 0 Å². The van der Waals surface area contributed by atoms with Gasteiger partial charge in [-0.05, 0) is 12.1 Å². The fourth-order valence-electron chi connectivity index (χ4n) is 1.67. The van der Waals surface area contributed by atoms with Gasteiger partial charge in [-0.3, -0.25) is 9.69 Å². The molecule has 1 aromatic rings. The number of carboxylic acids is 1. The highest BCUT2D eigenvalue weighted by Crippen LogP contribution is 2.15. The van der Waals surface area contributed by atoms with Crippen LogP contribution in [0.5, 0.6) is 0 Å². The Labute approximate surface area is 98.6 Å². The number of carbonyl (C=O) groups excluding carboxylic acids is 1. The molecule has 0 unspecified atom stereocenters. The van der Waals surface area contributed by atoms with E-state index in [1.807, 2.05) is 11.9 Å². The molecular formula is C12H12N2O3. The van der Waals surface area contributed by atoms with Gasteiger partial charge in [0.1, 0.15) is 0 Å². The maximum absolute atomic E-state index is 12.1. The fourth-order valence-corrected chi connectivity index (χ4v) is 1.67. The van der Waals surface area contributed by atoms with Gasteiger partial charge < -0.3 is 10.0 Å². The number of amides is 1. The number of hydrogen-bond donors (Lipinski definition) is 1. The third-order valence-corrected chi connectivity index (χ3v) is 2.53. The average Bonchev–Trinajstić information content (AvgIpc) is 2.75. The predicted octanol–water partition coefficient (Wildman–Crippen LogP) is 1.20. The number of hydrogen-bond acceptors (Lipinski definition) is 3. The van der Waals surface area contributed by atoms with Crippen molar-refractivity contribution in [3.05, 3.63) is 47.8 Å². The average molecular weight is 232 g/mol. The second kappa shape index (κ2) is 4.29. The summed E-state index contributed by atoms with van der Waals surface area (Å²) in [4.78, 5) is 26.4. The quantitative estimate of drug-likeness (QED) is 0.832. The van der Waals surface area contributed by atoms with Crippen LogP contribution in [0, 0.1) is 0 Å². The molecule has 88 valence electrons. The van der Waals surface area contributed by atoms with E-state index in [9.17, 15) is 9.59 Å². The molecule has 0 fully saturated rings. The zero-order valence-corrected chi connectivity index (χ0v) is 9.33.